The Hall–Kier alpha value is -1.85. The van der Waals surface area contributed by atoms with Gasteiger partial charge in [0, 0.05) is 19.3 Å². The molecule has 0 saturated heterocycles. The number of amides is 1. The van der Waals surface area contributed by atoms with Crippen LogP contribution in [0.3, 0.4) is 0 Å². The molecule has 0 aromatic carbocycles. The van der Waals surface area contributed by atoms with Gasteiger partial charge in [-0.3, -0.25) is 14.3 Å². The smallest absolute Gasteiger partial charge is 0.305 e. The number of carbonyl (C=O) groups is 2. The Morgan fingerprint density at radius 2 is 2.05 bits per heavy atom. The molecule has 0 aliphatic rings. The first-order valence-electron chi connectivity index (χ1n) is 6.14. The number of hydrogen-bond donors (Lipinski definition) is 2. The van der Waals surface area contributed by atoms with E-state index in [9.17, 15) is 9.59 Å². The molecule has 6 nitrogen and oxygen atoms in total. The zero-order valence-electron chi connectivity index (χ0n) is 12.0. The Morgan fingerprint density at radius 1 is 1.47 bits per heavy atom. The van der Waals surface area contributed by atoms with Crippen LogP contribution < -0.4 is 5.32 Å². The third-order valence-electron chi connectivity index (χ3n) is 2.99. The number of aromatic nitrogens is 2. The van der Waals surface area contributed by atoms with Gasteiger partial charge in [0.2, 0.25) is 0 Å². The third-order valence-corrected chi connectivity index (χ3v) is 2.99. The molecule has 1 rings (SSSR count). The van der Waals surface area contributed by atoms with Crippen LogP contribution in [0.5, 0.6) is 0 Å². The van der Waals surface area contributed by atoms with Crippen LogP contribution in [0.4, 0.5) is 0 Å². The van der Waals surface area contributed by atoms with E-state index in [2.05, 4.69) is 10.4 Å². The van der Waals surface area contributed by atoms with Gasteiger partial charge < -0.3 is 10.4 Å². The van der Waals surface area contributed by atoms with E-state index < -0.39 is 12.0 Å². The molecule has 2 N–H and O–H groups in total. The van der Waals surface area contributed by atoms with E-state index in [1.54, 1.807) is 24.9 Å². The zero-order chi connectivity index (χ0) is 14.8. The van der Waals surface area contributed by atoms with Gasteiger partial charge in [0.05, 0.1) is 17.7 Å². The maximum absolute atomic E-state index is 12.2. The van der Waals surface area contributed by atoms with Crippen LogP contribution in [0, 0.1) is 12.3 Å². The fraction of sp³-hybridized carbons (Fsp3) is 0.615. The maximum Gasteiger partial charge on any atom is 0.305 e. The summed E-state index contributed by atoms with van der Waals surface area (Å²) in [5.41, 5.74) is 0.773. The highest BCUT2D eigenvalue weighted by molar-refractivity contribution is 5.95. The highest BCUT2D eigenvalue weighted by Gasteiger charge is 2.29. The Labute approximate surface area is 112 Å². The summed E-state index contributed by atoms with van der Waals surface area (Å²) in [7, 11) is 1.74. The van der Waals surface area contributed by atoms with E-state index in [4.69, 9.17) is 5.11 Å². The van der Waals surface area contributed by atoms with Crippen LogP contribution >= 0.6 is 0 Å². The minimum absolute atomic E-state index is 0.103. The van der Waals surface area contributed by atoms with Gasteiger partial charge in [-0.15, -0.1) is 0 Å². The van der Waals surface area contributed by atoms with Crippen molar-refractivity contribution in [1.29, 1.82) is 0 Å². The first kappa shape index (κ1) is 15.2. The van der Waals surface area contributed by atoms with Gasteiger partial charge in [0.25, 0.3) is 5.91 Å². The topological polar surface area (TPSA) is 84.2 Å². The molecule has 0 fully saturated rings. The second-order valence-corrected chi connectivity index (χ2v) is 5.79. The molecule has 1 aromatic heterocycles. The van der Waals surface area contributed by atoms with Crippen molar-refractivity contribution in [2.24, 2.45) is 12.5 Å². The van der Waals surface area contributed by atoms with Crippen molar-refractivity contribution in [2.45, 2.75) is 40.2 Å². The minimum atomic E-state index is -0.928. The lowest BCUT2D eigenvalue weighted by molar-refractivity contribution is -0.138. The van der Waals surface area contributed by atoms with Crippen LogP contribution in [0.15, 0.2) is 6.20 Å². The maximum atomic E-state index is 12.2. The number of aryl methyl sites for hydroxylation is 2. The highest BCUT2D eigenvalue weighted by Crippen LogP contribution is 2.22. The number of nitrogens with one attached hydrogen (secondary N) is 1. The predicted molar refractivity (Wildman–Crippen MR) is 70.9 cm³/mol. The largest absolute Gasteiger partial charge is 0.481 e. The van der Waals surface area contributed by atoms with Gasteiger partial charge in [-0.2, -0.15) is 5.10 Å². The molecule has 0 aliphatic carbocycles. The lowest BCUT2D eigenvalue weighted by Crippen LogP contribution is -2.45. The summed E-state index contributed by atoms with van der Waals surface area (Å²) in [5, 5.41) is 15.8. The first-order chi connectivity index (χ1) is 8.61. The molecule has 1 atom stereocenters. The number of aliphatic carboxylic acids is 1. The van der Waals surface area contributed by atoms with Crippen molar-refractivity contribution >= 4 is 11.9 Å². The Balaban J connectivity index is 2.88. The number of carboxylic acid groups (broad SMARTS) is 1. The van der Waals surface area contributed by atoms with Crippen molar-refractivity contribution < 1.29 is 14.7 Å². The molecule has 0 saturated carbocycles. The van der Waals surface area contributed by atoms with E-state index in [0.29, 0.717) is 11.3 Å². The lowest BCUT2D eigenvalue weighted by atomic mass is 9.84. The molecular weight excluding hydrogens is 246 g/mol. The van der Waals surface area contributed by atoms with Crippen LogP contribution in [0.1, 0.15) is 43.2 Å². The van der Waals surface area contributed by atoms with Crippen LogP contribution in [0.25, 0.3) is 0 Å². The second-order valence-electron chi connectivity index (χ2n) is 5.79. The lowest BCUT2D eigenvalue weighted by Gasteiger charge is -2.30. The summed E-state index contributed by atoms with van der Waals surface area (Å²) in [6.07, 6.45) is 1.53. The standard InChI is InChI=1S/C13H21N3O3/c1-8-9(7-16(5)15-8)12(19)14-10(6-11(17)18)13(2,3)4/h7,10H,6H2,1-5H3,(H,14,19)(H,17,18). The number of carbonyl (C=O) groups excluding carboxylic acids is 1. The van der Waals surface area contributed by atoms with Crippen molar-refractivity contribution in [3.8, 4) is 0 Å². The van der Waals surface area contributed by atoms with Crippen molar-refractivity contribution in [3.05, 3.63) is 17.5 Å². The molecule has 0 radical (unpaired) electrons. The van der Waals surface area contributed by atoms with Gasteiger partial charge >= 0.3 is 5.97 Å². The Morgan fingerprint density at radius 3 is 2.42 bits per heavy atom. The zero-order valence-corrected chi connectivity index (χ0v) is 12.0. The Kier molecular flexibility index (Phi) is 4.34. The first-order valence-corrected chi connectivity index (χ1v) is 6.14. The molecule has 0 spiro atoms. The predicted octanol–water partition coefficient (Wildman–Crippen LogP) is 1.35. The van der Waals surface area contributed by atoms with E-state index in [1.165, 1.54) is 0 Å². The SMILES string of the molecule is Cc1nn(C)cc1C(=O)NC(CC(=O)O)C(C)(C)C. The number of carboxylic acids is 1. The summed E-state index contributed by atoms with van der Waals surface area (Å²) in [6, 6.07) is -0.433. The normalized spacial score (nSPS) is 13.1. The molecule has 1 aromatic rings. The Bertz CT molecular complexity index is 486. The van der Waals surface area contributed by atoms with E-state index in [1.807, 2.05) is 20.8 Å². The molecular formula is C13H21N3O3. The van der Waals surface area contributed by atoms with Crippen LogP contribution in [0.2, 0.25) is 0 Å². The van der Waals surface area contributed by atoms with E-state index >= 15 is 0 Å². The van der Waals surface area contributed by atoms with Gasteiger partial charge in [0.15, 0.2) is 0 Å². The molecule has 1 heterocycles. The van der Waals surface area contributed by atoms with Crippen LogP contribution in [-0.2, 0) is 11.8 Å². The van der Waals surface area contributed by atoms with Crippen molar-refractivity contribution in [1.82, 2.24) is 15.1 Å². The van der Waals surface area contributed by atoms with Gasteiger partial charge in [-0.1, -0.05) is 20.8 Å². The van der Waals surface area contributed by atoms with E-state index in [-0.39, 0.29) is 17.7 Å². The fourth-order valence-electron chi connectivity index (χ4n) is 1.81. The minimum Gasteiger partial charge on any atom is -0.481 e. The molecule has 1 amide bonds. The summed E-state index contributed by atoms with van der Waals surface area (Å²) in [6.45, 7) is 7.45. The third kappa shape index (κ3) is 4.08. The molecule has 19 heavy (non-hydrogen) atoms. The number of nitrogens with zero attached hydrogens (tertiary/aromatic N) is 2. The number of hydrogen-bond acceptors (Lipinski definition) is 3. The summed E-state index contributed by atoms with van der Waals surface area (Å²) in [5.74, 6) is -1.21. The number of rotatable bonds is 4. The molecule has 0 bridgehead atoms. The average molecular weight is 267 g/mol. The van der Waals surface area contributed by atoms with Crippen molar-refractivity contribution in [2.75, 3.05) is 0 Å². The fourth-order valence-corrected chi connectivity index (χ4v) is 1.81. The quantitative estimate of drug-likeness (QED) is 0.862. The molecule has 6 heteroatoms. The molecule has 106 valence electrons. The van der Waals surface area contributed by atoms with Gasteiger partial charge in [-0.25, -0.2) is 0 Å². The van der Waals surface area contributed by atoms with Gasteiger partial charge in [0.1, 0.15) is 0 Å². The summed E-state index contributed by atoms with van der Waals surface area (Å²) >= 11 is 0. The monoisotopic (exact) mass is 267 g/mol. The van der Waals surface area contributed by atoms with Crippen molar-refractivity contribution in [3.63, 3.8) is 0 Å². The average Bonchev–Trinajstić information content (AvgIpc) is 2.54. The molecule has 0 aliphatic heterocycles. The van der Waals surface area contributed by atoms with E-state index in [0.717, 1.165) is 0 Å². The molecule has 1 unspecified atom stereocenters. The van der Waals surface area contributed by atoms with Crippen LogP contribution in [-0.4, -0.2) is 32.8 Å². The summed E-state index contributed by atoms with van der Waals surface area (Å²) in [4.78, 5) is 23.0. The summed E-state index contributed by atoms with van der Waals surface area (Å²) < 4.78 is 1.56. The highest BCUT2D eigenvalue weighted by atomic mass is 16.4. The van der Waals surface area contributed by atoms with Gasteiger partial charge in [-0.05, 0) is 12.3 Å². The second kappa shape index (κ2) is 5.42.